The minimum absolute atomic E-state index is 0.0266. The maximum atomic E-state index is 11.9. The van der Waals surface area contributed by atoms with Gasteiger partial charge >= 0.3 is 0 Å². The van der Waals surface area contributed by atoms with E-state index in [2.05, 4.69) is 24.1 Å². The topological polar surface area (TPSA) is 68.0 Å². The molecule has 0 radical (unpaired) electrons. The molecule has 4 nitrogen and oxygen atoms in total. The zero-order valence-corrected chi connectivity index (χ0v) is 14.0. The minimum atomic E-state index is 0.0266. The number of amides is 1. The zero-order chi connectivity index (χ0) is 15.2. The highest BCUT2D eigenvalue weighted by Gasteiger charge is 2.08. The summed E-state index contributed by atoms with van der Waals surface area (Å²) < 4.78 is 0.997. The van der Waals surface area contributed by atoms with Crippen molar-refractivity contribution in [3.8, 4) is 0 Å². The molecule has 21 heavy (non-hydrogen) atoms. The molecule has 0 aliphatic heterocycles. The Morgan fingerprint density at radius 3 is 3.10 bits per heavy atom. The number of rotatable bonds is 7. The van der Waals surface area contributed by atoms with Crippen LogP contribution in [-0.4, -0.2) is 22.4 Å². The first-order chi connectivity index (χ1) is 10.1. The number of carbonyl (C=O) groups excluding carboxylic acids is 1. The Morgan fingerprint density at radius 1 is 1.52 bits per heavy atom. The van der Waals surface area contributed by atoms with E-state index in [9.17, 15) is 4.79 Å². The molecule has 1 amide bonds. The highest BCUT2D eigenvalue weighted by atomic mass is 32.2. The second kappa shape index (κ2) is 7.66. The number of aromatic nitrogens is 1. The van der Waals surface area contributed by atoms with Gasteiger partial charge in [0.2, 0.25) is 5.91 Å². The van der Waals surface area contributed by atoms with Gasteiger partial charge in [-0.1, -0.05) is 31.6 Å². The standard InChI is InChI=1S/C15H21N3OS2/c1-3-10(2)9-20-7-6-14(19)18-15-17-12-5-4-11(16)8-13(12)21-15/h4-5,8,10H,3,6-7,9,16H2,1-2H3,(H,17,18,19). The van der Waals surface area contributed by atoms with Crippen molar-refractivity contribution >= 4 is 50.0 Å². The van der Waals surface area contributed by atoms with Gasteiger partial charge in [-0.15, -0.1) is 0 Å². The van der Waals surface area contributed by atoms with E-state index in [1.54, 1.807) is 0 Å². The van der Waals surface area contributed by atoms with Gasteiger partial charge in [-0.05, 0) is 29.9 Å². The molecule has 0 saturated carbocycles. The van der Waals surface area contributed by atoms with E-state index in [1.165, 1.54) is 17.8 Å². The first kappa shape index (κ1) is 16.1. The fourth-order valence-corrected chi connectivity index (χ4v) is 3.81. The summed E-state index contributed by atoms with van der Waals surface area (Å²) in [6.45, 7) is 4.43. The summed E-state index contributed by atoms with van der Waals surface area (Å²) in [5.41, 5.74) is 7.32. The molecule has 0 fully saturated rings. The number of hydrogen-bond acceptors (Lipinski definition) is 5. The highest BCUT2D eigenvalue weighted by Crippen LogP contribution is 2.27. The van der Waals surface area contributed by atoms with Gasteiger partial charge in [-0.25, -0.2) is 4.98 Å². The molecule has 0 saturated heterocycles. The summed E-state index contributed by atoms with van der Waals surface area (Å²) >= 11 is 3.30. The fraction of sp³-hybridized carbons (Fsp3) is 0.467. The number of nitrogens with zero attached hydrogens (tertiary/aromatic N) is 1. The molecule has 1 heterocycles. The number of fused-ring (bicyclic) bond motifs is 1. The van der Waals surface area contributed by atoms with E-state index >= 15 is 0 Å². The van der Waals surface area contributed by atoms with Crippen LogP contribution in [0, 0.1) is 5.92 Å². The van der Waals surface area contributed by atoms with Gasteiger partial charge in [0.15, 0.2) is 5.13 Å². The minimum Gasteiger partial charge on any atom is -0.399 e. The van der Waals surface area contributed by atoms with Gasteiger partial charge in [-0.2, -0.15) is 11.8 Å². The van der Waals surface area contributed by atoms with Crippen LogP contribution in [0.2, 0.25) is 0 Å². The van der Waals surface area contributed by atoms with Crippen molar-refractivity contribution in [3.05, 3.63) is 18.2 Å². The maximum Gasteiger partial charge on any atom is 0.226 e. The van der Waals surface area contributed by atoms with Crippen LogP contribution in [0.25, 0.3) is 10.2 Å². The SMILES string of the molecule is CCC(C)CSCCC(=O)Nc1nc2ccc(N)cc2s1. The monoisotopic (exact) mass is 323 g/mol. The van der Waals surface area contributed by atoms with E-state index in [0.29, 0.717) is 23.2 Å². The first-order valence-corrected chi connectivity index (χ1v) is 9.09. The Labute approximate surface area is 133 Å². The lowest BCUT2D eigenvalue weighted by atomic mass is 10.2. The van der Waals surface area contributed by atoms with Crippen molar-refractivity contribution in [3.63, 3.8) is 0 Å². The molecule has 0 bridgehead atoms. The molecule has 6 heteroatoms. The van der Waals surface area contributed by atoms with Crippen molar-refractivity contribution in [2.45, 2.75) is 26.7 Å². The molecule has 1 unspecified atom stereocenters. The van der Waals surface area contributed by atoms with Crippen LogP contribution in [0.4, 0.5) is 10.8 Å². The van der Waals surface area contributed by atoms with Crippen molar-refractivity contribution in [1.82, 2.24) is 4.98 Å². The third kappa shape index (κ3) is 4.89. The third-order valence-electron chi connectivity index (χ3n) is 3.23. The molecule has 0 aliphatic rings. The maximum absolute atomic E-state index is 11.9. The number of thiazole rings is 1. The molecule has 1 atom stereocenters. The normalized spacial score (nSPS) is 12.5. The Balaban J connectivity index is 1.81. The molecule has 3 N–H and O–H groups in total. The number of nitrogens with one attached hydrogen (secondary N) is 1. The number of benzene rings is 1. The molecular formula is C15H21N3OS2. The first-order valence-electron chi connectivity index (χ1n) is 7.12. The van der Waals surface area contributed by atoms with Crippen LogP contribution >= 0.6 is 23.1 Å². The van der Waals surface area contributed by atoms with E-state index in [-0.39, 0.29) is 5.91 Å². The van der Waals surface area contributed by atoms with Crippen molar-refractivity contribution in [2.75, 3.05) is 22.6 Å². The van der Waals surface area contributed by atoms with E-state index in [4.69, 9.17) is 5.73 Å². The molecule has 2 rings (SSSR count). The zero-order valence-electron chi connectivity index (χ0n) is 12.4. The van der Waals surface area contributed by atoms with Crippen LogP contribution in [0.5, 0.6) is 0 Å². The summed E-state index contributed by atoms with van der Waals surface area (Å²) in [6, 6.07) is 5.57. The molecule has 0 spiro atoms. The summed E-state index contributed by atoms with van der Waals surface area (Å²) in [5.74, 6) is 2.71. The van der Waals surface area contributed by atoms with E-state index < -0.39 is 0 Å². The predicted octanol–water partition coefficient (Wildman–Crippen LogP) is 3.99. The van der Waals surface area contributed by atoms with Gasteiger partial charge in [0, 0.05) is 17.9 Å². The predicted molar refractivity (Wildman–Crippen MR) is 94.1 cm³/mol. The largest absolute Gasteiger partial charge is 0.399 e. The van der Waals surface area contributed by atoms with Crippen LogP contribution in [0.1, 0.15) is 26.7 Å². The highest BCUT2D eigenvalue weighted by molar-refractivity contribution is 7.99. The molecule has 2 aromatic rings. The third-order valence-corrected chi connectivity index (χ3v) is 5.46. The lowest BCUT2D eigenvalue weighted by Gasteiger charge is -2.07. The average Bonchev–Trinajstić information content (AvgIpc) is 2.84. The quantitative estimate of drug-likeness (QED) is 0.597. The van der Waals surface area contributed by atoms with Gasteiger partial charge < -0.3 is 11.1 Å². The van der Waals surface area contributed by atoms with Gasteiger partial charge in [-0.3, -0.25) is 4.79 Å². The molecule has 114 valence electrons. The molecule has 1 aromatic carbocycles. The van der Waals surface area contributed by atoms with Gasteiger partial charge in [0.25, 0.3) is 0 Å². The second-order valence-corrected chi connectivity index (χ2v) is 7.31. The summed E-state index contributed by atoms with van der Waals surface area (Å²) in [4.78, 5) is 16.3. The Morgan fingerprint density at radius 2 is 2.33 bits per heavy atom. The summed E-state index contributed by atoms with van der Waals surface area (Å²) in [7, 11) is 0. The number of anilines is 2. The Bertz CT molecular complexity index is 612. The lowest BCUT2D eigenvalue weighted by molar-refractivity contribution is -0.115. The van der Waals surface area contributed by atoms with Crippen LogP contribution in [0.15, 0.2) is 18.2 Å². The van der Waals surface area contributed by atoms with Crippen LogP contribution < -0.4 is 11.1 Å². The van der Waals surface area contributed by atoms with Crippen molar-refractivity contribution in [1.29, 1.82) is 0 Å². The van der Waals surface area contributed by atoms with Gasteiger partial charge in [0.1, 0.15) is 0 Å². The molecular weight excluding hydrogens is 302 g/mol. The summed E-state index contributed by atoms with van der Waals surface area (Å²) in [6.07, 6.45) is 1.72. The molecule has 1 aromatic heterocycles. The Hall–Kier alpha value is -1.27. The smallest absolute Gasteiger partial charge is 0.226 e. The fourth-order valence-electron chi connectivity index (χ4n) is 1.74. The number of thioether (sulfide) groups is 1. The van der Waals surface area contributed by atoms with Crippen LogP contribution in [-0.2, 0) is 4.79 Å². The van der Waals surface area contributed by atoms with Gasteiger partial charge in [0.05, 0.1) is 10.2 Å². The number of nitrogen functional groups attached to an aromatic ring is 1. The van der Waals surface area contributed by atoms with E-state index in [0.717, 1.165) is 21.7 Å². The summed E-state index contributed by atoms with van der Waals surface area (Å²) in [5, 5.41) is 3.51. The Kier molecular flexibility index (Phi) is 5.87. The lowest BCUT2D eigenvalue weighted by Crippen LogP contribution is -2.12. The van der Waals surface area contributed by atoms with Crippen molar-refractivity contribution < 1.29 is 4.79 Å². The molecule has 0 aliphatic carbocycles. The van der Waals surface area contributed by atoms with E-state index in [1.807, 2.05) is 30.0 Å². The number of hydrogen-bond donors (Lipinski definition) is 2. The number of carbonyl (C=O) groups is 1. The average molecular weight is 323 g/mol. The number of nitrogens with two attached hydrogens (primary N) is 1. The second-order valence-electron chi connectivity index (χ2n) is 5.13. The van der Waals surface area contributed by atoms with Crippen LogP contribution in [0.3, 0.4) is 0 Å². The van der Waals surface area contributed by atoms with Crippen molar-refractivity contribution in [2.24, 2.45) is 5.92 Å².